The molecular weight excluding hydrogens is 288 g/mol. The zero-order chi connectivity index (χ0) is 14.8. The molecule has 0 bridgehead atoms. The fourth-order valence-corrected chi connectivity index (χ4v) is 3.25. The van der Waals surface area contributed by atoms with Crippen LogP contribution in [0.5, 0.6) is 0 Å². The van der Waals surface area contributed by atoms with Crippen molar-refractivity contribution in [3.05, 3.63) is 22.7 Å². The van der Waals surface area contributed by atoms with Crippen molar-refractivity contribution in [2.24, 2.45) is 0 Å². The molecule has 5 nitrogen and oxygen atoms in total. The predicted octanol–water partition coefficient (Wildman–Crippen LogP) is 2.42. The van der Waals surface area contributed by atoms with Crippen LogP contribution in [0.2, 0.25) is 5.15 Å². The van der Waals surface area contributed by atoms with Gasteiger partial charge < -0.3 is 9.30 Å². The summed E-state index contributed by atoms with van der Waals surface area (Å²) in [6.45, 7) is 10.1. The van der Waals surface area contributed by atoms with Crippen molar-refractivity contribution in [1.82, 2.24) is 19.4 Å². The zero-order valence-corrected chi connectivity index (χ0v) is 13.4. The van der Waals surface area contributed by atoms with Crippen LogP contribution in [0.25, 0.3) is 11.0 Å². The van der Waals surface area contributed by atoms with E-state index in [2.05, 4.69) is 33.3 Å². The minimum Gasteiger partial charge on any atom is -0.379 e. The fourth-order valence-electron chi connectivity index (χ4n) is 2.98. The van der Waals surface area contributed by atoms with E-state index in [1.807, 2.05) is 0 Å². The Hall–Kier alpha value is -1.17. The van der Waals surface area contributed by atoms with Crippen LogP contribution >= 0.6 is 11.6 Å². The molecule has 0 aromatic carbocycles. The molecule has 3 rings (SSSR count). The van der Waals surface area contributed by atoms with Gasteiger partial charge in [0.25, 0.3) is 0 Å². The standard InChI is InChI=1S/C15H21ClN4O/c1-11-12(2)20(15-13(11)14(16)17-10-18-15)5-3-4-19-6-8-21-9-7-19/h10H,3-9H2,1-2H3. The number of rotatable bonds is 4. The Morgan fingerprint density at radius 1 is 1.19 bits per heavy atom. The molecule has 1 aliphatic heterocycles. The normalized spacial score (nSPS) is 16.7. The average Bonchev–Trinajstić information content (AvgIpc) is 2.74. The number of morpholine rings is 1. The highest BCUT2D eigenvalue weighted by Crippen LogP contribution is 2.28. The maximum absolute atomic E-state index is 6.22. The molecule has 0 atom stereocenters. The molecule has 0 unspecified atom stereocenters. The zero-order valence-electron chi connectivity index (χ0n) is 12.6. The van der Waals surface area contributed by atoms with E-state index < -0.39 is 0 Å². The fraction of sp³-hybridized carbons (Fsp3) is 0.600. The number of aromatic nitrogens is 3. The summed E-state index contributed by atoms with van der Waals surface area (Å²) in [7, 11) is 0. The number of halogens is 1. The third-order valence-corrected chi connectivity index (χ3v) is 4.61. The molecule has 1 aliphatic rings. The molecule has 3 heterocycles. The van der Waals surface area contributed by atoms with Gasteiger partial charge in [0.1, 0.15) is 17.1 Å². The van der Waals surface area contributed by atoms with Gasteiger partial charge in [-0.15, -0.1) is 0 Å². The van der Waals surface area contributed by atoms with E-state index in [4.69, 9.17) is 16.3 Å². The van der Waals surface area contributed by atoms with Crippen molar-refractivity contribution in [1.29, 1.82) is 0 Å². The van der Waals surface area contributed by atoms with Crippen LogP contribution in [-0.4, -0.2) is 52.3 Å². The minimum atomic E-state index is 0.549. The molecule has 0 spiro atoms. The van der Waals surface area contributed by atoms with E-state index in [1.165, 1.54) is 11.3 Å². The van der Waals surface area contributed by atoms with E-state index in [0.29, 0.717) is 5.15 Å². The molecule has 1 saturated heterocycles. The quantitative estimate of drug-likeness (QED) is 0.814. The van der Waals surface area contributed by atoms with Crippen molar-refractivity contribution in [2.45, 2.75) is 26.8 Å². The number of hydrogen-bond acceptors (Lipinski definition) is 4. The Morgan fingerprint density at radius 3 is 2.71 bits per heavy atom. The second-order valence-electron chi connectivity index (χ2n) is 5.53. The molecule has 1 fully saturated rings. The Balaban J connectivity index is 1.74. The van der Waals surface area contributed by atoms with Crippen LogP contribution in [0.15, 0.2) is 6.33 Å². The van der Waals surface area contributed by atoms with Crippen molar-refractivity contribution < 1.29 is 4.74 Å². The Kier molecular flexibility index (Phi) is 4.42. The van der Waals surface area contributed by atoms with Gasteiger partial charge in [-0.1, -0.05) is 11.6 Å². The summed E-state index contributed by atoms with van der Waals surface area (Å²) in [6.07, 6.45) is 2.65. The van der Waals surface area contributed by atoms with Crippen LogP contribution in [0.1, 0.15) is 17.7 Å². The highest BCUT2D eigenvalue weighted by molar-refractivity contribution is 6.34. The van der Waals surface area contributed by atoms with Gasteiger partial charge in [0.2, 0.25) is 0 Å². The van der Waals surface area contributed by atoms with E-state index in [1.54, 1.807) is 6.33 Å². The second-order valence-corrected chi connectivity index (χ2v) is 5.89. The predicted molar refractivity (Wildman–Crippen MR) is 83.9 cm³/mol. The van der Waals surface area contributed by atoms with Gasteiger partial charge in [0.15, 0.2) is 0 Å². The van der Waals surface area contributed by atoms with E-state index in [-0.39, 0.29) is 0 Å². The van der Waals surface area contributed by atoms with E-state index in [0.717, 1.165) is 56.8 Å². The summed E-state index contributed by atoms with van der Waals surface area (Å²) in [6, 6.07) is 0. The topological polar surface area (TPSA) is 43.2 Å². The minimum absolute atomic E-state index is 0.549. The van der Waals surface area contributed by atoms with Crippen LogP contribution < -0.4 is 0 Å². The maximum atomic E-state index is 6.22. The SMILES string of the molecule is Cc1c(C)n(CCCN2CCOCC2)c2ncnc(Cl)c12. The van der Waals surface area contributed by atoms with Gasteiger partial charge in [-0.3, -0.25) is 4.90 Å². The molecule has 0 aliphatic carbocycles. The lowest BCUT2D eigenvalue weighted by Gasteiger charge is -2.26. The molecule has 2 aromatic rings. The highest BCUT2D eigenvalue weighted by Gasteiger charge is 2.16. The van der Waals surface area contributed by atoms with E-state index in [9.17, 15) is 0 Å². The summed E-state index contributed by atoms with van der Waals surface area (Å²) in [5.41, 5.74) is 3.36. The molecule has 6 heteroatoms. The van der Waals surface area contributed by atoms with Gasteiger partial charge in [-0.25, -0.2) is 9.97 Å². The Morgan fingerprint density at radius 2 is 1.95 bits per heavy atom. The van der Waals surface area contributed by atoms with Crippen LogP contribution in [0, 0.1) is 13.8 Å². The van der Waals surface area contributed by atoms with Crippen molar-refractivity contribution in [2.75, 3.05) is 32.8 Å². The number of nitrogens with zero attached hydrogens (tertiary/aromatic N) is 4. The summed E-state index contributed by atoms with van der Waals surface area (Å²) in [5.74, 6) is 0. The molecule has 21 heavy (non-hydrogen) atoms. The smallest absolute Gasteiger partial charge is 0.145 e. The highest BCUT2D eigenvalue weighted by atomic mass is 35.5. The van der Waals surface area contributed by atoms with Crippen molar-refractivity contribution in [3.63, 3.8) is 0 Å². The van der Waals surface area contributed by atoms with Crippen LogP contribution in [0.3, 0.4) is 0 Å². The summed E-state index contributed by atoms with van der Waals surface area (Å²) in [5, 5.41) is 1.54. The van der Waals surface area contributed by atoms with Gasteiger partial charge in [0.05, 0.1) is 18.6 Å². The first-order valence-corrected chi connectivity index (χ1v) is 7.82. The molecule has 0 amide bonds. The summed E-state index contributed by atoms with van der Waals surface area (Å²) in [4.78, 5) is 11.0. The second kappa shape index (κ2) is 6.30. The third-order valence-electron chi connectivity index (χ3n) is 4.32. The van der Waals surface area contributed by atoms with Crippen LogP contribution in [-0.2, 0) is 11.3 Å². The molecule has 114 valence electrons. The lowest BCUT2D eigenvalue weighted by molar-refractivity contribution is 0.0369. The maximum Gasteiger partial charge on any atom is 0.145 e. The first-order chi connectivity index (χ1) is 10.2. The average molecular weight is 309 g/mol. The molecule has 0 radical (unpaired) electrons. The summed E-state index contributed by atoms with van der Waals surface area (Å²) < 4.78 is 7.64. The first-order valence-electron chi connectivity index (χ1n) is 7.44. The molecule has 2 aromatic heterocycles. The van der Waals surface area contributed by atoms with Gasteiger partial charge >= 0.3 is 0 Å². The first kappa shape index (κ1) is 14.8. The largest absolute Gasteiger partial charge is 0.379 e. The number of ether oxygens (including phenoxy) is 1. The number of aryl methyl sites for hydroxylation is 2. The van der Waals surface area contributed by atoms with Gasteiger partial charge in [-0.05, 0) is 25.8 Å². The van der Waals surface area contributed by atoms with Crippen LogP contribution in [0.4, 0.5) is 0 Å². The third kappa shape index (κ3) is 2.91. The lowest BCUT2D eigenvalue weighted by atomic mass is 10.2. The lowest BCUT2D eigenvalue weighted by Crippen LogP contribution is -2.37. The molecule has 0 N–H and O–H groups in total. The van der Waals surface area contributed by atoms with E-state index >= 15 is 0 Å². The number of fused-ring (bicyclic) bond motifs is 1. The Bertz CT molecular complexity index is 634. The van der Waals surface area contributed by atoms with Crippen molar-refractivity contribution >= 4 is 22.6 Å². The summed E-state index contributed by atoms with van der Waals surface area (Å²) >= 11 is 6.22. The monoisotopic (exact) mass is 308 g/mol. The van der Waals surface area contributed by atoms with Gasteiger partial charge in [-0.2, -0.15) is 0 Å². The number of hydrogen-bond donors (Lipinski definition) is 0. The van der Waals surface area contributed by atoms with Gasteiger partial charge in [0, 0.05) is 31.9 Å². The molecular formula is C15H21ClN4O. The molecule has 0 saturated carbocycles. The Labute approximate surface area is 129 Å². The van der Waals surface area contributed by atoms with Crippen molar-refractivity contribution in [3.8, 4) is 0 Å².